The second-order valence-electron chi connectivity index (χ2n) is 4.54. The molecule has 0 saturated heterocycles. The molecule has 1 heterocycles. The van der Waals surface area contributed by atoms with Crippen molar-refractivity contribution >= 4 is 38.6 Å². The van der Waals surface area contributed by atoms with Gasteiger partial charge >= 0.3 is 0 Å². The fourth-order valence-corrected chi connectivity index (χ4v) is 3.20. The number of halogens is 2. The minimum atomic E-state index is -0.524. The molecule has 2 rings (SSSR count). The Morgan fingerprint density at radius 3 is 2.86 bits per heavy atom. The summed E-state index contributed by atoms with van der Waals surface area (Å²) in [7, 11) is 0. The van der Waals surface area contributed by atoms with Gasteiger partial charge in [0.15, 0.2) is 0 Å². The molecule has 1 N–H and O–H groups in total. The van der Waals surface area contributed by atoms with Crippen molar-refractivity contribution in [3.63, 3.8) is 0 Å². The summed E-state index contributed by atoms with van der Waals surface area (Å²) in [4.78, 5) is 11.7. The lowest BCUT2D eigenvalue weighted by Gasteiger charge is -2.18. The number of anilines is 1. The molecule has 2 aromatic rings. The van der Waals surface area contributed by atoms with E-state index in [4.69, 9.17) is 0 Å². The summed E-state index contributed by atoms with van der Waals surface area (Å²) in [5, 5.41) is 16.2. The number of nitro benzene ring substituents is 1. The molecule has 112 valence electrons. The molecule has 1 aromatic carbocycles. The van der Waals surface area contributed by atoms with Gasteiger partial charge in [-0.1, -0.05) is 19.4 Å². The Morgan fingerprint density at radius 2 is 2.29 bits per heavy atom. The minimum absolute atomic E-state index is 0.0609. The summed E-state index contributed by atoms with van der Waals surface area (Å²) < 4.78 is 13.8. The zero-order chi connectivity index (χ0) is 15.4. The van der Waals surface area contributed by atoms with Gasteiger partial charge in [0.1, 0.15) is 11.5 Å². The molecular weight excluding hydrogens is 359 g/mol. The average molecular weight is 373 g/mol. The van der Waals surface area contributed by atoms with E-state index in [0.717, 1.165) is 17.7 Å². The van der Waals surface area contributed by atoms with Gasteiger partial charge in [-0.2, -0.15) is 0 Å². The first-order valence-electron chi connectivity index (χ1n) is 6.46. The second kappa shape index (κ2) is 7.00. The molecule has 0 bridgehead atoms. The zero-order valence-corrected chi connectivity index (χ0v) is 13.7. The maximum Gasteiger partial charge on any atom is 0.293 e. The van der Waals surface area contributed by atoms with Crippen molar-refractivity contribution in [3.05, 3.63) is 54.9 Å². The molecule has 1 aromatic heterocycles. The SMILES string of the molecule is CCCC(Nc1cc(F)c(Br)cc1[N+](=O)[O-])c1cccs1. The van der Waals surface area contributed by atoms with E-state index < -0.39 is 10.7 Å². The van der Waals surface area contributed by atoms with Gasteiger partial charge < -0.3 is 5.32 Å². The maximum absolute atomic E-state index is 13.7. The second-order valence-corrected chi connectivity index (χ2v) is 6.38. The molecule has 0 fully saturated rings. The van der Waals surface area contributed by atoms with E-state index in [1.807, 2.05) is 24.4 Å². The van der Waals surface area contributed by atoms with Crippen LogP contribution in [0.25, 0.3) is 0 Å². The molecule has 1 unspecified atom stereocenters. The van der Waals surface area contributed by atoms with Crippen molar-refractivity contribution < 1.29 is 9.31 Å². The zero-order valence-electron chi connectivity index (χ0n) is 11.3. The van der Waals surface area contributed by atoms with Gasteiger partial charge in [-0.3, -0.25) is 10.1 Å². The largest absolute Gasteiger partial charge is 0.372 e. The molecule has 4 nitrogen and oxygen atoms in total. The number of nitro groups is 1. The van der Waals surface area contributed by atoms with Gasteiger partial charge in [0, 0.05) is 17.0 Å². The molecule has 0 amide bonds. The van der Waals surface area contributed by atoms with Crippen LogP contribution in [0.1, 0.15) is 30.7 Å². The Morgan fingerprint density at radius 1 is 1.52 bits per heavy atom. The van der Waals surface area contributed by atoms with Crippen LogP contribution in [-0.2, 0) is 0 Å². The molecule has 0 saturated carbocycles. The summed E-state index contributed by atoms with van der Waals surface area (Å²) in [5.74, 6) is -0.524. The standard InChI is InChI=1S/C14H14BrFN2O2S/c1-2-4-11(14-5-3-6-21-14)17-12-8-10(16)9(15)7-13(12)18(19)20/h3,5-8,11,17H,2,4H2,1H3. The summed E-state index contributed by atoms with van der Waals surface area (Å²) in [6.07, 6.45) is 1.73. The van der Waals surface area contributed by atoms with E-state index in [9.17, 15) is 14.5 Å². The van der Waals surface area contributed by atoms with Crippen molar-refractivity contribution in [1.82, 2.24) is 0 Å². The van der Waals surface area contributed by atoms with E-state index in [0.29, 0.717) is 0 Å². The molecule has 1 atom stereocenters. The number of nitrogens with one attached hydrogen (secondary N) is 1. The Kier molecular flexibility index (Phi) is 5.30. The Balaban J connectivity index is 2.36. The van der Waals surface area contributed by atoms with Crippen LogP contribution in [0.3, 0.4) is 0 Å². The summed E-state index contributed by atoms with van der Waals surface area (Å²) in [5.41, 5.74) is 0.0634. The molecule has 0 aliphatic heterocycles. The number of thiophene rings is 1. The Bertz CT molecular complexity index is 634. The van der Waals surface area contributed by atoms with Gasteiger partial charge in [0.2, 0.25) is 0 Å². The number of rotatable bonds is 6. The number of benzene rings is 1. The molecule has 0 aliphatic carbocycles. The highest BCUT2D eigenvalue weighted by Crippen LogP contribution is 2.35. The van der Waals surface area contributed by atoms with Crippen LogP contribution in [-0.4, -0.2) is 4.92 Å². The van der Waals surface area contributed by atoms with E-state index in [-0.39, 0.29) is 21.9 Å². The van der Waals surface area contributed by atoms with E-state index in [1.54, 1.807) is 11.3 Å². The van der Waals surface area contributed by atoms with Crippen LogP contribution in [0, 0.1) is 15.9 Å². The van der Waals surface area contributed by atoms with E-state index >= 15 is 0 Å². The molecule has 7 heteroatoms. The third-order valence-electron chi connectivity index (χ3n) is 3.03. The predicted molar refractivity (Wildman–Crippen MR) is 86.3 cm³/mol. The first kappa shape index (κ1) is 15.9. The number of nitrogens with zero attached hydrogens (tertiary/aromatic N) is 1. The van der Waals surface area contributed by atoms with E-state index in [1.165, 1.54) is 12.1 Å². The summed E-state index contributed by atoms with van der Waals surface area (Å²) >= 11 is 4.56. The van der Waals surface area contributed by atoms with E-state index in [2.05, 4.69) is 21.2 Å². The van der Waals surface area contributed by atoms with Crippen molar-refractivity contribution in [3.8, 4) is 0 Å². The highest BCUT2D eigenvalue weighted by Gasteiger charge is 2.21. The third-order valence-corrected chi connectivity index (χ3v) is 4.62. The minimum Gasteiger partial charge on any atom is -0.372 e. The highest BCUT2D eigenvalue weighted by molar-refractivity contribution is 9.10. The van der Waals surface area contributed by atoms with Crippen molar-refractivity contribution in [2.45, 2.75) is 25.8 Å². The smallest absolute Gasteiger partial charge is 0.293 e. The maximum atomic E-state index is 13.7. The quantitative estimate of drug-likeness (QED) is 0.537. The molecule has 0 spiro atoms. The lowest BCUT2D eigenvalue weighted by atomic mass is 10.1. The van der Waals surface area contributed by atoms with Crippen LogP contribution in [0.2, 0.25) is 0 Å². The van der Waals surface area contributed by atoms with Crippen LogP contribution in [0.4, 0.5) is 15.8 Å². The molecule has 0 radical (unpaired) electrons. The number of hydrogen-bond donors (Lipinski definition) is 1. The predicted octanol–water partition coefficient (Wildman–Crippen LogP) is 5.51. The fraction of sp³-hybridized carbons (Fsp3) is 0.286. The lowest BCUT2D eigenvalue weighted by Crippen LogP contribution is -2.11. The third kappa shape index (κ3) is 3.79. The van der Waals surface area contributed by atoms with Crippen LogP contribution < -0.4 is 5.32 Å². The Hall–Kier alpha value is -1.47. The van der Waals surface area contributed by atoms with Gasteiger partial charge in [-0.05, 0) is 33.8 Å². The van der Waals surface area contributed by atoms with Crippen molar-refractivity contribution in [1.29, 1.82) is 0 Å². The molecule has 21 heavy (non-hydrogen) atoms. The fourth-order valence-electron chi connectivity index (χ4n) is 2.05. The topological polar surface area (TPSA) is 55.2 Å². The first-order valence-corrected chi connectivity index (χ1v) is 8.13. The number of hydrogen-bond acceptors (Lipinski definition) is 4. The van der Waals surface area contributed by atoms with Crippen molar-refractivity contribution in [2.75, 3.05) is 5.32 Å². The van der Waals surface area contributed by atoms with Gasteiger partial charge in [-0.25, -0.2) is 4.39 Å². The molecule has 0 aliphatic rings. The van der Waals surface area contributed by atoms with Crippen molar-refractivity contribution in [2.24, 2.45) is 0 Å². The summed E-state index contributed by atoms with van der Waals surface area (Å²) in [6, 6.07) is 6.20. The Labute approximate surface area is 134 Å². The van der Waals surface area contributed by atoms with Gasteiger partial charge in [-0.15, -0.1) is 11.3 Å². The van der Waals surface area contributed by atoms with Crippen LogP contribution >= 0.6 is 27.3 Å². The lowest BCUT2D eigenvalue weighted by molar-refractivity contribution is -0.384. The average Bonchev–Trinajstić information content (AvgIpc) is 2.95. The van der Waals surface area contributed by atoms with Gasteiger partial charge in [0.05, 0.1) is 15.4 Å². The first-order chi connectivity index (χ1) is 10.0. The van der Waals surface area contributed by atoms with Crippen LogP contribution in [0.5, 0.6) is 0 Å². The van der Waals surface area contributed by atoms with Gasteiger partial charge in [0.25, 0.3) is 5.69 Å². The highest BCUT2D eigenvalue weighted by atomic mass is 79.9. The normalized spacial score (nSPS) is 12.1. The molecular formula is C14H14BrFN2O2S. The van der Waals surface area contributed by atoms with Crippen LogP contribution in [0.15, 0.2) is 34.1 Å². The summed E-state index contributed by atoms with van der Waals surface area (Å²) in [6.45, 7) is 2.04. The monoisotopic (exact) mass is 372 g/mol.